The SMILES string of the molecule is [C-]#[N+]C1=C[C@]2(C)C3=CC(=O)[C@@H]4[C@@H]5CC(C)(C)CC[C@]5(NS(C)(=O)=O)CC[C@@]4(C)[C@]3(C)CC[C@H]2C(C)(C)C1=O. The molecule has 0 aromatic rings. The van der Waals surface area contributed by atoms with E-state index in [0.29, 0.717) is 0 Å². The lowest BCUT2D eigenvalue weighted by Crippen LogP contribution is -2.69. The zero-order valence-corrected chi connectivity index (χ0v) is 25.1. The van der Waals surface area contributed by atoms with Crippen LogP contribution in [0.1, 0.15) is 93.4 Å². The summed E-state index contributed by atoms with van der Waals surface area (Å²) in [6.07, 6.45) is 10.7. The van der Waals surface area contributed by atoms with Gasteiger partial charge in [-0.25, -0.2) is 18.0 Å². The average molecular weight is 541 g/mol. The molecular weight excluding hydrogens is 496 g/mol. The summed E-state index contributed by atoms with van der Waals surface area (Å²) in [4.78, 5) is 31.2. The predicted molar refractivity (Wildman–Crippen MR) is 148 cm³/mol. The number of carbonyl (C=O) groups is 2. The molecule has 0 unspecified atom stereocenters. The van der Waals surface area contributed by atoms with Crippen molar-refractivity contribution in [1.29, 1.82) is 0 Å². The average Bonchev–Trinajstić information content (AvgIpc) is 2.78. The summed E-state index contributed by atoms with van der Waals surface area (Å²) in [7, 11) is -3.45. The number of nitrogens with one attached hydrogen (secondary N) is 1. The van der Waals surface area contributed by atoms with Crippen molar-refractivity contribution < 1.29 is 18.0 Å². The molecule has 0 spiro atoms. The fourth-order valence-electron chi connectivity index (χ4n) is 10.1. The Hall–Kier alpha value is -1.78. The summed E-state index contributed by atoms with van der Waals surface area (Å²) in [5.41, 5.74) is -1.18. The van der Waals surface area contributed by atoms with Gasteiger partial charge in [0.15, 0.2) is 11.6 Å². The van der Waals surface area contributed by atoms with Gasteiger partial charge in [-0.1, -0.05) is 60.1 Å². The molecule has 3 fully saturated rings. The molecule has 0 aromatic carbocycles. The predicted octanol–water partition coefficient (Wildman–Crippen LogP) is 5.86. The van der Waals surface area contributed by atoms with Crippen LogP contribution < -0.4 is 4.72 Å². The number of sulfonamides is 1. The van der Waals surface area contributed by atoms with Crippen molar-refractivity contribution in [2.24, 2.45) is 44.8 Å². The van der Waals surface area contributed by atoms with Crippen LogP contribution in [0.3, 0.4) is 0 Å². The number of carbonyl (C=O) groups excluding carboxylic acids is 2. The van der Waals surface area contributed by atoms with E-state index >= 15 is 0 Å². The van der Waals surface area contributed by atoms with Crippen molar-refractivity contribution in [1.82, 2.24) is 4.72 Å². The molecule has 0 bridgehead atoms. The highest BCUT2D eigenvalue weighted by Gasteiger charge is 2.70. The van der Waals surface area contributed by atoms with Crippen molar-refractivity contribution >= 4 is 21.6 Å². The summed E-state index contributed by atoms with van der Waals surface area (Å²) in [5, 5.41) is 0. The Balaban J connectivity index is 1.70. The molecule has 0 aliphatic heterocycles. The number of fused-ring (bicyclic) bond motifs is 7. The van der Waals surface area contributed by atoms with E-state index in [4.69, 9.17) is 6.57 Å². The first-order valence-corrected chi connectivity index (χ1v) is 16.1. The maximum absolute atomic E-state index is 14.4. The van der Waals surface area contributed by atoms with Gasteiger partial charge in [0, 0.05) is 22.3 Å². The van der Waals surface area contributed by atoms with E-state index in [1.807, 2.05) is 26.0 Å². The van der Waals surface area contributed by atoms with E-state index in [0.717, 1.165) is 50.5 Å². The molecule has 0 heterocycles. The molecule has 6 nitrogen and oxygen atoms in total. The molecule has 0 radical (unpaired) electrons. The molecular formula is C31H44N2O4S. The maximum Gasteiger partial charge on any atom is 0.226 e. The van der Waals surface area contributed by atoms with Gasteiger partial charge in [-0.05, 0) is 79.1 Å². The summed E-state index contributed by atoms with van der Waals surface area (Å²) >= 11 is 0. The summed E-state index contributed by atoms with van der Waals surface area (Å²) < 4.78 is 28.3. The normalized spacial score (nSPS) is 45.4. The van der Waals surface area contributed by atoms with Crippen LogP contribution >= 0.6 is 0 Å². The Morgan fingerprint density at radius 1 is 0.974 bits per heavy atom. The highest BCUT2D eigenvalue weighted by atomic mass is 32.2. The van der Waals surface area contributed by atoms with Gasteiger partial charge in [0.2, 0.25) is 15.7 Å². The maximum atomic E-state index is 14.4. The lowest BCUT2D eigenvalue weighted by Gasteiger charge is -2.69. The molecule has 5 aliphatic carbocycles. The van der Waals surface area contributed by atoms with Gasteiger partial charge in [-0.2, -0.15) is 0 Å². The number of hydrogen-bond donors (Lipinski definition) is 1. The number of ketones is 2. The second-order valence-electron chi connectivity index (χ2n) is 15.3. The van der Waals surface area contributed by atoms with Gasteiger partial charge in [0.25, 0.3) is 0 Å². The first kappa shape index (κ1) is 27.8. The van der Waals surface area contributed by atoms with Gasteiger partial charge in [0.1, 0.15) is 0 Å². The third-order valence-electron chi connectivity index (χ3n) is 12.2. The lowest BCUT2D eigenvalue weighted by molar-refractivity contribution is -0.159. The van der Waals surface area contributed by atoms with Crippen LogP contribution in [0.4, 0.5) is 0 Å². The van der Waals surface area contributed by atoms with Crippen LogP contribution in [0.25, 0.3) is 4.85 Å². The largest absolute Gasteiger partial charge is 0.307 e. The molecule has 5 rings (SSSR count). The van der Waals surface area contributed by atoms with Crippen LogP contribution in [-0.4, -0.2) is 31.8 Å². The van der Waals surface area contributed by atoms with Gasteiger partial charge >= 0.3 is 0 Å². The van der Waals surface area contributed by atoms with Crippen molar-refractivity contribution in [2.75, 3.05) is 6.26 Å². The Bertz CT molecular complexity index is 1330. The topological polar surface area (TPSA) is 84.7 Å². The van der Waals surface area contributed by atoms with E-state index in [2.05, 4.69) is 44.2 Å². The quantitative estimate of drug-likeness (QED) is 0.445. The van der Waals surface area contributed by atoms with Crippen LogP contribution in [0.5, 0.6) is 0 Å². The van der Waals surface area contributed by atoms with Gasteiger partial charge in [0.05, 0.1) is 12.8 Å². The van der Waals surface area contributed by atoms with Gasteiger partial charge < -0.3 is 4.79 Å². The molecule has 0 aromatic heterocycles. The number of nitrogens with zero attached hydrogens (tertiary/aromatic N) is 1. The minimum Gasteiger partial charge on any atom is -0.307 e. The van der Waals surface area contributed by atoms with Crippen LogP contribution in [0.15, 0.2) is 23.4 Å². The number of allylic oxidation sites excluding steroid dienone is 4. The van der Waals surface area contributed by atoms with Crippen molar-refractivity contribution in [3.63, 3.8) is 0 Å². The molecule has 0 amide bonds. The summed E-state index contributed by atoms with van der Waals surface area (Å²) in [5.74, 6) is -0.336. The molecule has 1 N–H and O–H groups in total. The molecule has 7 atom stereocenters. The number of hydrogen-bond acceptors (Lipinski definition) is 4. The summed E-state index contributed by atoms with van der Waals surface area (Å²) in [6, 6.07) is 0. The monoisotopic (exact) mass is 540 g/mol. The van der Waals surface area contributed by atoms with E-state index in [-0.39, 0.29) is 51.3 Å². The Kier molecular flexibility index (Phi) is 5.78. The Morgan fingerprint density at radius 3 is 2.21 bits per heavy atom. The molecule has 208 valence electrons. The third kappa shape index (κ3) is 3.54. The molecule has 3 saturated carbocycles. The first-order chi connectivity index (χ1) is 17.3. The van der Waals surface area contributed by atoms with Crippen molar-refractivity contribution in [3.8, 4) is 0 Å². The molecule has 5 aliphatic rings. The standard InChI is InChI=1S/C31H44N2O4S/c1-26(2)12-14-31(33-38(9,36)37)15-13-30(7)24(19(31)17-26)21(34)16-23-28(5)18-20(32-8)25(35)27(3,4)22(28)10-11-29(23,30)6/h16,18-19,22,24,33H,10-15,17H2,1-7,9H3/t19-,22-,24-,28-,29+,30+,31-/m0/s1. The summed E-state index contributed by atoms with van der Waals surface area (Å²) in [6.45, 7) is 22.9. The molecule has 0 saturated heterocycles. The van der Waals surface area contributed by atoms with Crippen LogP contribution in [-0.2, 0) is 19.6 Å². The lowest BCUT2D eigenvalue weighted by atomic mass is 9.35. The third-order valence-corrected chi connectivity index (χ3v) is 13.0. The number of Topliss-reactive ketones (excluding diaryl/α,β-unsaturated/α-hetero) is 1. The number of rotatable bonds is 2. The van der Waals surface area contributed by atoms with E-state index in [1.54, 1.807) is 0 Å². The van der Waals surface area contributed by atoms with Gasteiger partial charge in [-0.3, -0.25) is 4.79 Å². The highest BCUT2D eigenvalue weighted by Crippen LogP contribution is 2.73. The van der Waals surface area contributed by atoms with Crippen LogP contribution in [0, 0.1) is 51.4 Å². The van der Waals surface area contributed by atoms with Crippen LogP contribution in [0.2, 0.25) is 0 Å². The Morgan fingerprint density at radius 2 is 1.61 bits per heavy atom. The fourth-order valence-corrected chi connectivity index (χ4v) is 11.2. The minimum atomic E-state index is -3.45. The molecule has 38 heavy (non-hydrogen) atoms. The van der Waals surface area contributed by atoms with E-state index in [9.17, 15) is 18.0 Å². The van der Waals surface area contributed by atoms with E-state index in [1.165, 1.54) is 6.26 Å². The van der Waals surface area contributed by atoms with Gasteiger partial charge in [-0.15, -0.1) is 0 Å². The van der Waals surface area contributed by atoms with Crippen molar-refractivity contribution in [3.05, 3.63) is 34.8 Å². The minimum absolute atomic E-state index is 0.0171. The van der Waals surface area contributed by atoms with Crippen molar-refractivity contribution in [2.45, 2.75) is 99.0 Å². The molecule has 7 heteroatoms. The highest BCUT2D eigenvalue weighted by molar-refractivity contribution is 7.88. The Labute approximate surface area is 229 Å². The first-order valence-electron chi connectivity index (χ1n) is 14.2. The second kappa shape index (κ2) is 7.91. The second-order valence-corrected chi connectivity index (χ2v) is 17.0. The van der Waals surface area contributed by atoms with E-state index < -0.39 is 26.4 Å². The zero-order chi connectivity index (χ0) is 28.3. The zero-order valence-electron chi connectivity index (χ0n) is 24.3. The fraction of sp³-hybridized carbons (Fsp3) is 0.774. The smallest absolute Gasteiger partial charge is 0.226 e.